The molecule has 0 N–H and O–H groups in total. The summed E-state index contributed by atoms with van der Waals surface area (Å²) in [7, 11) is 2.01. The molecule has 1 atom stereocenters. The molecule has 6 heteroatoms. The SMILES string of the molecule is Cc1nn(C)c(C)c1CN1CCCC2(CC1)CN(c1ccccc1)C(=O)CO2. The van der Waals surface area contributed by atoms with Crippen LogP contribution in [0, 0.1) is 13.8 Å². The molecule has 1 aromatic carbocycles. The van der Waals surface area contributed by atoms with Gasteiger partial charge >= 0.3 is 0 Å². The average molecular weight is 383 g/mol. The van der Waals surface area contributed by atoms with Crippen LogP contribution in [0.3, 0.4) is 0 Å². The van der Waals surface area contributed by atoms with Crippen molar-refractivity contribution in [3.63, 3.8) is 0 Å². The summed E-state index contributed by atoms with van der Waals surface area (Å²) >= 11 is 0. The Balaban J connectivity index is 1.46. The second kappa shape index (κ2) is 7.68. The summed E-state index contributed by atoms with van der Waals surface area (Å²) < 4.78 is 8.14. The number of carbonyl (C=O) groups is 1. The van der Waals surface area contributed by atoms with Crippen LogP contribution in [-0.4, -0.2) is 52.4 Å². The number of ether oxygens (including phenoxy) is 1. The van der Waals surface area contributed by atoms with E-state index in [0.717, 1.165) is 50.3 Å². The van der Waals surface area contributed by atoms with Crippen LogP contribution in [0.25, 0.3) is 0 Å². The topological polar surface area (TPSA) is 50.6 Å². The number of hydrogen-bond acceptors (Lipinski definition) is 4. The standard InChI is InChI=1S/C22H30N4O2/c1-17-20(18(2)24(3)23-17)14-25-12-7-10-22(11-13-25)16-26(21(27)15-28-22)19-8-5-4-6-9-19/h4-6,8-9H,7,10-16H2,1-3H3. The van der Waals surface area contributed by atoms with Crippen molar-refractivity contribution in [3.8, 4) is 0 Å². The molecule has 1 unspecified atom stereocenters. The second-order valence-electron chi connectivity index (χ2n) is 8.19. The lowest BCUT2D eigenvalue weighted by molar-refractivity contribution is -0.140. The van der Waals surface area contributed by atoms with Gasteiger partial charge in [-0.3, -0.25) is 14.4 Å². The first kappa shape index (κ1) is 19.2. The maximum Gasteiger partial charge on any atom is 0.253 e. The molecule has 3 heterocycles. The number of rotatable bonds is 3. The van der Waals surface area contributed by atoms with Gasteiger partial charge in [0.15, 0.2) is 0 Å². The number of likely N-dealkylation sites (tertiary alicyclic amines) is 1. The average Bonchev–Trinajstić information content (AvgIpc) is 2.85. The zero-order chi connectivity index (χ0) is 19.7. The zero-order valence-corrected chi connectivity index (χ0v) is 17.1. The normalized spacial score (nSPS) is 24.0. The van der Waals surface area contributed by atoms with Crippen LogP contribution in [0.4, 0.5) is 5.69 Å². The van der Waals surface area contributed by atoms with E-state index in [-0.39, 0.29) is 18.1 Å². The summed E-state index contributed by atoms with van der Waals surface area (Å²) in [6.45, 7) is 8.02. The van der Waals surface area contributed by atoms with E-state index >= 15 is 0 Å². The molecular formula is C22H30N4O2. The minimum atomic E-state index is -0.239. The second-order valence-corrected chi connectivity index (χ2v) is 8.19. The number of aromatic nitrogens is 2. The van der Waals surface area contributed by atoms with Gasteiger partial charge in [-0.25, -0.2) is 0 Å². The van der Waals surface area contributed by atoms with Gasteiger partial charge in [-0.05, 0) is 51.8 Å². The lowest BCUT2D eigenvalue weighted by Crippen LogP contribution is -2.55. The van der Waals surface area contributed by atoms with Gasteiger partial charge in [-0.2, -0.15) is 5.10 Å². The van der Waals surface area contributed by atoms with Crippen LogP contribution >= 0.6 is 0 Å². The van der Waals surface area contributed by atoms with E-state index in [9.17, 15) is 4.79 Å². The molecule has 0 bridgehead atoms. The van der Waals surface area contributed by atoms with Crippen LogP contribution in [0.1, 0.15) is 36.2 Å². The molecular weight excluding hydrogens is 352 g/mol. The van der Waals surface area contributed by atoms with Crippen molar-refractivity contribution < 1.29 is 9.53 Å². The summed E-state index contributed by atoms with van der Waals surface area (Å²) in [5.74, 6) is 0.0551. The van der Waals surface area contributed by atoms with E-state index in [1.807, 2.05) is 47.0 Å². The highest BCUT2D eigenvalue weighted by Crippen LogP contribution is 2.33. The van der Waals surface area contributed by atoms with Crippen molar-refractivity contribution in [3.05, 3.63) is 47.3 Å². The lowest BCUT2D eigenvalue weighted by atomic mass is 9.92. The summed E-state index contributed by atoms with van der Waals surface area (Å²) in [5, 5.41) is 4.56. The molecule has 1 spiro atoms. The van der Waals surface area contributed by atoms with Crippen molar-refractivity contribution >= 4 is 11.6 Å². The number of hydrogen-bond donors (Lipinski definition) is 0. The maximum absolute atomic E-state index is 12.5. The van der Waals surface area contributed by atoms with Gasteiger partial charge in [0.1, 0.15) is 6.61 Å². The number of anilines is 1. The Morgan fingerprint density at radius 1 is 1.14 bits per heavy atom. The van der Waals surface area contributed by atoms with Gasteiger partial charge in [0.2, 0.25) is 0 Å². The van der Waals surface area contributed by atoms with E-state index in [2.05, 4.69) is 23.8 Å². The van der Waals surface area contributed by atoms with Crippen molar-refractivity contribution in [1.29, 1.82) is 0 Å². The monoisotopic (exact) mass is 382 g/mol. The zero-order valence-electron chi connectivity index (χ0n) is 17.1. The highest BCUT2D eigenvalue weighted by atomic mass is 16.5. The van der Waals surface area contributed by atoms with E-state index in [0.29, 0.717) is 6.54 Å². The fourth-order valence-corrected chi connectivity index (χ4v) is 4.51. The third-order valence-corrected chi connectivity index (χ3v) is 6.35. The molecule has 2 aliphatic heterocycles. The first-order valence-corrected chi connectivity index (χ1v) is 10.2. The van der Waals surface area contributed by atoms with Crippen LogP contribution in [0.15, 0.2) is 30.3 Å². The van der Waals surface area contributed by atoms with Crippen LogP contribution in [0.2, 0.25) is 0 Å². The third kappa shape index (κ3) is 3.71. The predicted molar refractivity (Wildman–Crippen MR) is 109 cm³/mol. The molecule has 0 radical (unpaired) electrons. The maximum atomic E-state index is 12.5. The predicted octanol–water partition coefficient (Wildman–Crippen LogP) is 2.83. The van der Waals surface area contributed by atoms with E-state index in [1.165, 1.54) is 11.3 Å². The third-order valence-electron chi connectivity index (χ3n) is 6.35. The lowest BCUT2D eigenvalue weighted by Gasteiger charge is -2.42. The molecule has 4 rings (SSSR count). The summed E-state index contributed by atoms with van der Waals surface area (Å²) in [5.41, 5.74) is 4.43. The summed E-state index contributed by atoms with van der Waals surface area (Å²) in [6, 6.07) is 9.97. The fraction of sp³-hybridized carbons (Fsp3) is 0.545. The summed E-state index contributed by atoms with van der Waals surface area (Å²) in [4.78, 5) is 16.9. The van der Waals surface area contributed by atoms with Gasteiger partial charge in [0, 0.05) is 37.1 Å². The Labute approximate surface area is 167 Å². The van der Waals surface area contributed by atoms with Gasteiger partial charge in [0.25, 0.3) is 5.91 Å². The van der Waals surface area contributed by atoms with E-state index in [1.54, 1.807) is 0 Å². The van der Waals surface area contributed by atoms with Crippen molar-refractivity contribution in [1.82, 2.24) is 14.7 Å². The summed E-state index contributed by atoms with van der Waals surface area (Å²) in [6.07, 6.45) is 3.02. The Morgan fingerprint density at radius 3 is 2.64 bits per heavy atom. The number of carbonyl (C=O) groups excluding carboxylic acids is 1. The van der Waals surface area contributed by atoms with Gasteiger partial charge in [-0.15, -0.1) is 0 Å². The first-order valence-electron chi connectivity index (χ1n) is 10.2. The Morgan fingerprint density at radius 2 is 1.93 bits per heavy atom. The molecule has 2 fully saturated rings. The van der Waals surface area contributed by atoms with Gasteiger partial charge in [0.05, 0.1) is 17.8 Å². The Bertz CT molecular complexity index is 848. The molecule has 0 aliphatic carbocycles. The molecule has 2 aromatic rings. The van der Waals surface area contributed by atoms with Crippen molar-refractivity contribution in [2.75, 3.05) is 31.1 Å². The minimum absolute atomic E-state index is 0.0551. The Kier molecular flexibility index (Phi) is 5.25. The van der Waals surface area contributed by atoms with Gasteiger partial charge in [-0.1, -0.05) is 18.2 Å². The molecule has 1 amide bonds. The number of benzene rings is 1. The smallest absolute Gasteiger partial charge is 0.253 e. The number of para-hydroxylation sites is 1. The largest absolute Gasteiger partial charge is 0.363 e. The first-order chi connectivity index (χ1) is 13.5. The van der Waals surface area contributed by atoms with Crippen LogP contribution in [-0.2, 0) is 23.1 Å². The van der Waals surface area contributed by atoms with Crippen LogP contribution < -0.4 is 4.90 Å². The van der Waals surface area contributed by atoms with E-state index < -0.39 is 0 Å². The molecule has 28 heavy (non-hydrogen) atoms. The van der Waals surface area contributed by atoms with Crippen molar-refractivity contribution in [2.24, 2.45) is 7.05 Å². The molecule has 6 nitrogen and oxygen atoms in total. The number of morpholine rings is 1. The molecule has 2 aliphatic rings. The quantitative estimate of drug-likeness (QED) is 0.819. The minimum Gasteiger partial charge on any atom is -0.363 e. The highest BCUT2D eigenvalue weighted by molar-refractivity contribution is 5.95. The molecule has 1 aromatic heterocycles. The Hall–Kier alpha value is -2.18. The van der Waals surface area contributed by atoms with Crippen LogP contribution in [0.5, 0.6) is 0 Å². The number of amides is 1. The van der Waals surface area contributed by atoms with Gasteiger partial charge < -0.3 is 9.64 Å². The number of aryl methyl sites for hydroxylation is 2. The molecule has 0 saturated carbocycles. The number of nitrogens with zero attached hydrogens (tertiary/aromatic N) is 4. The molecule has 150 valence electrons. The van der Waals surface area contributed by atoms with E-state index in [4.69, 9.17) is 4.74 Å². The molecule has 2 saturated heterocycles. The van der Waals surface area contributed by atoms with Crippen molar-refractivity contribution in [2.45, 2.75) is 45.3 Å². The fourth-order valence-electron chi connectivity index (χ4n) is 4.51. The highest BCUT2D eigenvalue weighted by Gasteiger charge is 2.41.